The monoisotopic (exact) mass is 404 g/mol. The molecule has 2 aromatic rings. The summed E-state index contributed by atoms with van der Waals surface area (Å²) in [5, 5.41) is 4.34. The largest absolute Gasteiger partial charge is 0.469 e. The summed E-state index contributed by atoms with van der Waals surface area (Å²) in [7, 11) is 1.26. The normalized spacial score (nSPS) is 10.9. The third-order valence-corrected chi connectivity index (χ3v) is 4.16. The van der Waals surface area contributed by atoms with Crippen LogP contribution >= 0.6 is 11.3 Å². The topological polar surface area (TPSA) is 104 Å². The summed E-state index contributed by atoms with van der Waals surface area (Å²) in [6.07, 6.45) is 0.612. The molecule has 0 saturated carbocycles. The minimum absolute atomic E-state index is 0.107. The summed E-state index contributed by atoms with van der Waals surface area (Å²) in [5.41, 5.74) is 1.26. The lowest BCUT2D eigenvalue weighted by Gasteiger charge is -2.05. The van der Waals surface area contributed by atoms with Gasteiger partial charge in [0.25, 0.3) is 0 Å². The van der Waals surface area contributed by atoms with Crippen LogP contribution in [0.1, 0.15) is 24.6 Å². The van der Waals surface area contributed by atoms with Gasteiger partial charge in [0.05, 0.1) is 31.4 Å². The number of nitrogens with zero attached hydrogens (tertiary/aromatic N) is 1. The average Bonchev–Trinajstić information content (AvgIpc) is 3.15. The van der Waals surface area contributed by atoms with E-state index < -0.39 is 18.0 Å². The SMILES string of the molecule is CCOC(=O)/C(=C/CC(=O)OC)c1csc(NC(=O)OCc2ccccc2)n1. The number of benzene rings is 1. The van der Waals surface area contributed by atoms with Gasteiger partial charge in [-0.2, -0.15) is 0 Å². The van der Waals surface area contributed by atoms with Gasteiger partial charge in [0.1, 0.15) is 6.61 Å². The Morgan fingerprint density at radius 3 is 2.61 bits per heavy atom. The molecule has 1 N–H and O–H groups in total. The van der Waals surface area contributed by atoms with Crippen molar-refractivity contribution in [2.45, 2.75) is 20.0 Å². The van der Waals surface area contributed by atoms with E-state index in [2.05, 4.69) is 15.0 Å². The first kappa shape index (κ1) is 21.1. The number of esters is 2. The van der Waals surface area contributed by atoms with Crippen molar-refractivity contribution in [2.24, 2.45) is 0 Å². The van der Waals surface area contributed by atoms with E-state index in [0.29, 0.717) is 0 Å². The summed E-state index contributed by atoms with van der Waals surface area (Å²) in [5.74, 6) is -1.12. The lowest BCUT2D eigenvalue weighted by molar-refractivity contribution is -0.139. The van der Waals surface area contributed by atoms with Crippen molar-refractivity contribution < 1.29 is 28.6 Å². The number of aromatic nitrogens is 1. The van der Waals surface area contributed by atoms with Gasteiger partial charge in [-0.15, -0.1) is 11.3 Å². The zero-order valence-electron chi connectivity index (χ0n) is 15.5. The highest BCUT2D eigenvalue weighted by molar-refractivity contribution is 7.14. The van der Waals surface area contributed by atoms with Crippen molar-refractivity contribution >= 4 is 40.1 Å². The smallest absolute Gasteiger partial charge is 0.413 e. The molecule has 0 aliphatic rings. The van der Waals surface area contributed by atoms with Crippen LogP contribution in [0.2, 0.25) is 0 Å². The van der Waals surface area contributed by atoms with Crippen LogP contribution in [-0.4, -0.2) is 36.7 Å². The summed E-state index contributed by atoms with van der Waals surface area (Å²) in [6.45, 7) is 1.97. The van der Waals surface area contributed by atoms with Gasteiger partial charge in [-0.25, -0.2) is 14.6 Å². The Hall–Kier alpha value is -3.20. The number of amides is 1. The van der Waals surface area contributed by atoms with E-state index in [-0.39, 0.29) is 36.0 Å². The predicted molar refractivity (Wildman–Crippen MR) is 104 cm³/mol. The second-order valence-electron chi connectivity index (χ2n) is 5.34. The number of hydrogen-bond donors (Lipinski definition) is 1. The van der Waals surface area contributed by atoms with Gasteiger partial charge >= 0.3 is 18.0 Å². The number of carbonyl (C=O) groups excluding carboxylic acids is 3. The van der Waals surface area contributed by atoms with Gasteiger partial charge in [-0.05, 0) is 12.5 Å². The molecule has 0 unspecified atom stereocenters. The molecule has 0 aliphatic carbocycles. The zero-order valence-corrected chi connectivity index (χ0v) is 16.3. The molecule has 2 rings (SSSR count). The summed E-state index contributed by atoms with van der Waals surface area (Å²) < 4.78 is 14.7. The Balaban J connectivity index is 2.03. The number of ether oxygens (including phenoxy) is 3. The molecule has 1 aromatic carbocycles. The maximum atomic E-state index is 12.1. The van der Waals surface area contributed by atoms with Crippen LogP contribution in [0.25, 0.3) is 5.57 Å². The average molecular weight is 404 g/mol. The van der Waals surface area contributed by atoms with Gasteiger partial charge in [0.15, 0.2) is 5.13 Å². The van der Waals surface area contributed by atoms with Crippen LogP contribution in [0.15, 0.2) is 41.8 Å². The highest BCUT2D eigenvalue weighted by Gasteiger charge is 2.18. The van der Waals surface area contributed by atoms with E-state index in [9.17, 15) is 14.4 Å². The summed E-state index contributed by atoms with van der Waals surface area (Å²) >= 11 is 1.12. The number of thiazole rings is 1. The fraction of sp³-hybridized carbons (Fsp3) is 0.263. The first-order valence-electron chi connectivity index (χ1n) is 8.41. The third kappa shape index (κ3) is 6.51. The number of rotatable bonds is 8. The van der Waals surface area contributed by atoms with Gasteiger partial charge in [-0.3, -0.25) is 10.1 Å². The van der Waals surface area contributed by atoms with Gasteiger partial charge < -0.3 is 14.2 Å². The molecule has 0 atom stereocenters. The highest BCUT2D eigenvalue weighted by atomic mass is 32.1. The molecule has 0 bridgehead atoms. The second kappa shape index (κ2) is 10.8. The van der Waals surface area contributed by atoms with E-state index in [1.54, 1.807) is 12.3 Å². The molecule has 148 valence electrons. The van der Waals surface area contributed by atoms with Crippen molar-refractivity contribution in [2.75, 3.05) is 19.0 Å². The van der Waals surface area contributed by atoms with Crippen LogP contribution < -0.4 is 5.32 Å². The van der Waals surface area contributed by atoms with E-state index in [4.69, 9.17) is 9.47 Å². The van der Waals surface area contributed by atoms with Crippen molar-refractivity contribution in [1.29, 1.82) is 0 Å². The molecular formula is C19H20N2O6S. The third-order valence-electron chi connectivity index (χ3n) is 3.40. The molecule has 9 heteroatoms. The van der Waals surface area contributed by atoms with Crippen molar-refractivity contribution in [3.05, 3.63) is 53.0 Å². The van der Waals surface area contributed by atoms with Crippen molar-refractivity contribution in [3.63, 3.8) is 0 Å². The predicted octanol–water partition coefficient (Wildman–Crippen LogP) is 3.40. The first-order valence-corrected chi connectivity index (χ1v) is 9.29. The maximum absolute atomic E-state index is 12.1. The molecule has 0 saturated heterocycles. The Bertz CT molecular complexity index is 847. The van der Waals surface area contributed by atoms with Crippen molar-refractivity contribution in [3.8, 4) is 0 Å². The fourth-order valence-electron chi connectivity index (χ4n) is 2.07. The lowest BCUT2D eigenvalue weighted by atomic mass is 10.1. The number of nitrogens with one attached hydrogen (secondary N) is 1. The Labute approximate surface area is 166 Å². The van der Waals surface area contributed by atoms with E-state index >= 15 is 0 Å². The summed E-state index contributed by atoms with van der Waals surface area (Å²) in [4.78, 5) is 39.6. The zero-order chi connectivity index (χ0) is 20.4. The van der Waals surface area contributed by atoms with E-state index in [1.165, 1.54) is 13.2 Å². The molecule has 1 aromatic heterocycles. The van der Waals surface area contributed by atoms with Crippen LogP contribution in [0.4, 0.5) is 9.93 Å². The number of hydrogen-bond acceptors (Lipinski definition) is 8. The van der Waals surface area contributed by atoms with E-state index in [0.717, 1.165) is 16.9 Å². The Morgan fingerprint density at radius 2 is 1.93 bits per heavy atom. The van der Waals surface area contributed by atoms with Gasteiger partial charge in [0.2, 0.25) is 0 Å². The van der Waals surface area contributed by atoms with Crippen LogP contribution in [0.3, 0.4) is 0 Å². The molecule has 0 fully saturated rings. The van der Waals surface area contributed by atoms with Gasteiger partial charge in [0, 0.05) is 5.38 Å². The van der Waals surface area contributed by atoms with Crippen LogP contribution in [0.5, 0.6) is 0 Å². The summed E-state index contributed by atoms with van der Waals surface area (Å²) in [6, 6.07) is 9.25. The highest BCUT2D eigenvalue weighted by Crippen LogP contribution is 2.23. The molecule has 8 nitrogen and oxygen atoms in total. The number of anilines is 1. The number of methoxy groups -OCH3 is 1. The van der Waals surface area contributed by atoms with Crippen molar-refractivity contribution in [1.82, 2.24) is 4.98 Å². The van der Waals surface area contributed by atoms with Crippen LogP contribution in [-0.2, 0) is 30.4 Å². The lowest BCUT2D eigenvalue weighted by Crippen LogP contribution is -2.13. The maximum Gasteiger partial charge on any atom is 0.413 e. The van der Waals surface area contributed by atoms with E-state index in [1.807, 2.05) is 30.3 Å². The van der Waals surface area contributed by atoms with Gasteiger partial charge in [-0.1, -0.05) is 36.4 Å². The quantitative estimate of drug-likeness (QED) is 0.408. The molecule has 0 spiro atoms. The molecule has 1 heterocycles. The standard InChI is InChI=1S/C19H20N2O6S/c1-3-26-17(23)14(9-10-16(22)25-2)15-12-28-18(20-15)21-19(24)27-11-13-7-5-4-6-8-13/h4-9,12H,3,10-11H2,1-2H3,(H,20,21,24)/b14-9+. The fourth-order valence-corrected chi connectivity index (χ4v) is 2.77. The Kier molecular flexibility index (Phi) is 8.16. The molecule has 0 aliphatic heterocycles. The molecule has 1 amide bonds. The van der Waals surface area contributed by atoms with Crippen LogP contribution in [0, 0.1) is 0 Å². The molecule has 0 radical (unpaired) electrons. The minimum Gasteiger partial charge on any atom is -0.469 e. The molecule has 28 heavy (non-hydrogen) atoms. The second-order valence-corrected chi connectivity index (χ2v) is 6.20. The Morgan fingerprint density at radius 1 is 1.18 bits per heavy atom. The molecular weight excluding hydrogens is 384 g/mol. The minimum atomic E-state index is -0.666. The number of carbonyl (C=O) groups is 3. The first-order chi connectivity index (χ1) is 13.5.